The van der Waals surface area contributed by atoms with Crippen LogP contribution in [0.2, 0.25) is 0 Å². The largest absolute Gasteiger partial charge is 1.00 e. The van der Waals surface area contributed by atoms with Crippen LogP contribution in [-0.4, -0.2) is 50.3 Å². The van der Waals surface area contributed by atoms with Crippen molar-refractivity contribution in [2.75, 3.05) is 33.9 Å². The van der Waals surface area contributed by atoms with Gasteiger partial charge in [-0.05, 0) is 37.8 Å². The molecule has 0 amide bonds. The first-order chi connectivity index (χ1) is 12.1. The fourth-order valence-corrected chi connectivity index (χ4v) is 4.63. The zero-order valence-electron chi connectivity index (χ0n) is 15.8. The number of para-hydroxylation sites is 1. The monoisotopic (exact) mass is 471 g/mol. The molecule has 144 valence electrons. The van der Waals surface area contributed by atoms with Crippen LogP contribution in [0.3, 0.4) is 0 Å². The van der Waals surface area contributed by atoms with Crippen molar-refractivity contribution in [1.82, 2.24) is 0 Å². The van der Waals surface area contributed by atoms with Gasteiger partial charge in [-0.1, -0.05) is 18.2 Å². The van der Waals surface area contributed by atoms with E-state index in [0.717, 1.165) is 11.3 Å². The van der Waals surface area contributed by atoms with E-state index < -0.39 is 0 Å². The molecule has 3 rings (SSSR count). The van der Waals surface area contributed by atoms with Crippen LogP contribution >= 0.6 is 0 Å². The molecule has 2 aliphatic rings. The van der Waals surface area contributed by atoms with E-state index in [1.165, 1.54) is 55.8 Å². The van der Waals surface area contributed by atoms with E-state index in [0.29, 0.717) is 18.6 Å². The van der Waals surface area contributed by atoms with Gasteiger partial charge in [-0.3, -0.25) is 0 Å². The molecule has 2 fully saturated rings. The molecule has 3 atom stereocenters. The number of methoxy groups -OCH3 is 1. The topological polar surface area (TPSA) is 35.5 Å². The molecule has 0 aliphatic carbocycles. The SMILES string of the molecule is COc1ccccc1C=CC(=O)OC[C@@H]1CCC[N+]2(C)CCCC[C@H]12.[I-]. The maximum Gasteiger partial charge on any atom is 0.330 e. The van der Waals surface area contributed by atoms with E-state index in [1.807, 2.05) is 24.3 Å². The highest BCUT2D eigenvalue weighted by molar-refractivity contribution is 5.87. The van der Waals surface area contributed by atoms with E-state index >= 15 is 0 Å². The minimum atomic E-state index is -0.263. The van der Waals surface area contributed by atoms with Crippen LogP contribution in [0.15, 0.2) is 30.3 Å². The Hall–Kier alpha value is -1.08. The summed E-state index contributed by atoms with van der Waals surface area (Å²) >= 11 is 0. The molecular weight excluding hydrogens is 441 g/mol. The second-order valence-corrected chi connectivity index (χ2v) is 7.60. The van der Waals surface area contributed by atoms with Crippen molar-refractivity contribution in [3.05, 3.63) is 35.9 Å². The number of rotatable bonds is 5. The number of piperidine rings is 2. The smallest absolute Gasteiger partial charge is 0.330 e. The summed E-state index contributed by atoms with van der Waals surface area (Å²) in [7, 11) is 4.02. The Morgan fingerprint density at radius 3 is 2.77 bits per heavy atom. The predicted molar refractivity (Wildman–Crippen MR) is 99.3 cm³/mol. The lowest BCUT2D eigenvalue weighted by Gasteiger charge is -2.51. The highest BCUT2D eigenvalue weighted by Crippen LogP contribution is 2.36. The van der Waals surface area contributed by atoms with Crippen molar-refractivity contribution in [1.29, 1.82) is 0 Å². The molecule has 26 heavy (non-hydrogen) atoms. The van der Waals surface area contributed by atoms with Gasteiger partial charge in [0.15, 0.2) is 0 Å². The maximum absolute atomic E-state index is 12.1. The molecule has 1 aromatic rings. The Kier molecular flexibility index (Phi) is 7.95. The molecule has 0 N–H and O–H groups in total. The van der Waals surface area contributed by atoms with Gasteiger partial charge in [0.2, 0.25) is 0 Å². The summed E-state index contributed by atoms with van der Waals surface area (Å²) in [5, 5.41) is 0. The molecule has 1 aromatic carbocycles. The van der Waals surface area contributed by atoms with Gasteiger partial charge in [0.1, 0.15) is 12.4 Å². The molecule has 0 spiro atoms. The first-order valence-electron chi connectivity index (χ1n) is 9.44. The summed E-state index contributed by atoms with van der Waals surface area (Å²) in [6.45, 7) is 3.11. The van der Waals surface area contributed by atoms with E-state index in [2.05, 4.69) is 7.05 Å². The van der Waals surface area contributed by atoms with E-state index in [-0.39, 0.29) is 29.9 Å². The third-order valence-electron chi connectivity index (χ3n) is 5.99. The number of hydrogen-bond acceptors (Lipinski definition) is 3. The summed E-state index contributed by atoms with van der Waals surface area (Å²) in [6.07, 6.45) is 9.63. The number of ether oxygens (including phenoxy) is 2. The molecular formula is C21H30INO3. The Morgan fingerprint density at radius 2 is 1.96 bits per heavy atom. The average molecular weight is 471 g/mol. The number of fused-ring (bicyclic) bond motifs is 1. The predicted octanol–water partition coefficient (Wildman–Crippen LogP) is 0.665. The van der Waals surface area contributed by atoms with Gasteiger partial charge in [-0.15, -0.1) is 0 Å². The van der Waals surface area contributed by atoms with Crippen LogP contribution in [0.25, 0.3) is 6.08 Å². The van der Waals surface area contributed by atoms with E-state index in [1.54, 1.807) is 13.2 Å². The molecule has 5 heteroatoms. The summed E-state index contributed by atoms with van der Waals surface area (Å²) in [5.41, 5.74) is 0.885. The van der Waals surface area contributed by atoms with Gasteiger partial charge in [0.25, 0.3) is 0 Å². The molecule has 1 unspecified atom stereocenters. The zero-order valence-corrected chi connectivity index (χ0v) is 18.0. The first-order valence-corrected chi connectivity index (χ1v) is 9.44. The number of quaternary nitrogens is 1. The van der Waals surface area contributed by atoms with Crippen molar-refractivity contribution in [3.63, 3.8) is 0 Å². The van der Waals surface area contributed by atoms with Gasteiger partial charge in [0.05, 0.1) is 33.3 Å². The summed E-state index contributed by atoms with van der Waals surface area (Å²) in [5.74, 6) is 0.998. The standard InChI is InChI=1S/C21H30NO3.HI/c1-22-14-6-5-10-19(22)18(9-7-15-22)16-25-21(23)13-12-17-8-3-4-11-20(17)24-2;/h3-4,8,11-13,18-19H,5-7,9-10,14-16H2,1-2H3;1H/q+1;/p-1/t18-,19+,22?;/m0./s1. The molecule has 0 radical (unpaired) electrons. The highest BCUT2D eigenvalue weighted by Gasteiger charge is 2.43. The fourth-order valence-electron chi connectivity index (χ4n) is 4.63. The Labute approximate surface area is 174 Å². The van der Waals surface area contributed by atoms with Crippen LogP contribution in [0.4, 0.5) is 0 Å². The number of halogens is 1. The molecule has 4 nitrogen and oxygen atoms in total. The van der Waals surface area contributed by atoms with Crippen LogP contribution in [0.1, 0.15) is 37.7 Å². The number of esters is 1. The normalized spacial score (nSPS) is 28.1. The van der Waals surface area contributed by atoms with Crippen molar-refractivity contribution >= 4 is 12.0 Å². The quantitative estimate of drug-likeness (QED) is 0.274. The Balaban J connectivity index is 0.00000243. The third kappa shape index (κ3) is 5.00. The van der Waals surface area contributed by atoms with Crippen LogP contribution in [0.5, 0.6) is 5.75 Å². The third-order valence-corrected chi connectivity index (χ3v) is 5.99. The fraction of sp³-hybridized carbons (Fsp3) is 0.571. The number of benzene rings is 1. The number of carbonyl (C=O) groups is 1. The van der Waals surface area contributed by atoms with Gasteiger partial charge in [-0.25, -0.2) is 4.79 Å². The maximum atomic E-state index is 12.1. The lowest BCUT2D eigenvalue weighted by atomic mass is 9.82. The average Bonchev–Trinajstić information content (AvgIpc) is 2.64. The van der Waals surface area contributed by atoms with E-state index in [4.69, 9.17) is 9.47 Å². The van der Waals surface area contributed by atoms with Gasteiger partial charge in [0, 0.05) is 24.0 Å². The lowest BCUT2D eigenvalue weighted by molar-refractivity contribution is -0.947. The second-order valence-electron chi connectivity index (χ2n) is 7.60. The minimum Gasteiger partial charge on any atom is -1.00 e. The highest BCUT2D eigenvalue weighted by atomic mass is 127. The van der Waals surface area contributed by atoms with Crippen LogP contribution in [-0.2, 0) is 9.53 Å². The zero-order chi connectivity index (χ0) is 17.7. The van der Waals surface area contributed by atoms with E-state index in [9.17, 15) is 4.79 Å². The Morgan fingerprint density at radius 1 is 1.19 bits per heavy atom. The van der Waals surface area contributed by atoms with Crippen molar-refractivity contribution in [2.24, 2.45) is 5.92 Å². The molecule has 0 bridgehead atoms. The minimum absolute atomic E-state index is 0. The molecule has 0 aromatic heterocycles. The van der Waals surface area contributed by atoms with Crippen molar-refractivity contribution in [2.45, 2.75) is 38.1 Å². The number of hydrogen-bond donors (Lipinski definition) is 0. The molecule has 0 saturated carbocycles. The van der Waals surface area contributed by atoms with Crippen molar-refractivity contribution in [3.8, 4) is 5.75 Å². The number of carbonyl (C=O) groups excluding carboxylic acids is 1. The van der Waals surface area contributed by atoms with Crippen LogP contribution < -0.4 is 28.7 Å². The lowest BCUT2D eigenvalue weighted by Crippen LogP contribution is -3.00. The van der Waals surface area contributed by atoms with Crippen LogP contribution in [0, 0.1) is 5.92 Å². The van der Waals surface area contributed by atoms with Crippen molar-refractivity contribution < 1.29 is 42.7 Å². The van der Waals surface area contributed by atoms with Gasteiger partial charge < -0.3 is 37.9 Å². The van der Waals surface area contributed by atoms with Gasteiger partial charge in [-0.2, -0.15) is 0 Å². The molecule has 2 saturated heterocycles. The summed E-state index contributed by atoms with van der Waals surface area (Å²) in [6, 6.07) is 8.31. The summed E-state index contributed by atoms with van der Waals surface area (Å²) in [4.78, 5) is 12.1. The summed E-state index contributed by atoms with van der Waals surface area (Å²) < 4.78 is 12.1. The first kappa shape index (κ1) is 21.2. The van der Waals surface area contributed by atoms with Gasteiger partial charge >= 0.3 is 5.97 Å². The second kappa shape index (κ2) is 9.74. The molecule has 2 aliphatic heterocycles. The number of nitrogens with zero attached hydrogens (tertiary/aromatic N) is 1. The molecule has 2 heterocycles. The Bertz CT molecular complexity index is 629.